The highest BCUT2D eigenvalue weighted by Gasteiger charge is 2.07. The second kappa shape index (κ2) is 5.14. The van der Waals surface area contributed by atoms with Gasteiger partial charge in [0.25, 0.3) is 0 Å². The van der Waals surface area contributed by atoms with Crippen LogP contribution in [0.25, 0.3) is 11.0 Å². The van der Waals surface area contributed by atoms with Gasteiger partial charge in [-0.25, -0.2) is 9.97 Å². The molecule has 2 aromatic rings. The molecule has 6 heteroatoms. The summed E-state index contributed by atoms with van der Waals surface area (Å²) in [6.07, 6.45) is 3.76. The van der Waals surface area contributed by atoms with Crippen molar-refractivity contribution in [2.45, 2.75) is 19.8 Å². The number of nitrogens with zero attached hydrogens (tertiary/aromatic N) is 3. The Morgan fingerprint density at radius 2 is 2.24 bits per heavy atom. The van der Waals surface area contributed by atoms with Crippen molar-refractivity contribution in [1.82, 2.24) is 15.0 Å². The van der Waals surface area contributed by atoms with E-state index in [9.17, 15) is 0 Å². The summed E-state index contributed by atoms with van der Waals surface area (Å²) in [7, 11) is 0. The van der Waals surface area contributed by atoms with Crippen molar-refractivity contribution in [3.8, 4) is 0 Å². The molecule has 2 rings (SSSR count). The molecule has 0 radical (unpaired) electrons. The number of aromatic nitrogens is 3. The van der Waals surface area contributed by atoms with Gasteiger partial charge < -0.3 is 11.1 Å². The Morgan fingerprint density at radius 1 is 1.41 bits per heavy atom. The van der Waals surface area contributed by atoms with Crippen molar-refractivity contribution >= 4 is 34.4 Å². The maximum atomic E-state index is 5.87. The first-order valence-electron chi connectivity index (χ1n) is 5.53. The van der Waals surface area contributed by atoms with Gasteiger partial charge in [-0.1, -0.05) is 24.9 Å². The fourth-order valence-electron chi connectivity index (χ4n) is 1.52. The molecule has 2 aromatic heterocycles. The molecule has 5 nitrogen and oxygen atoms in total. The lowest BCUT2D eigenvalue weighted by molar-refractivity contribution is 0.831. The summed E-state index contributed by atoms with van der Waals surface area (Å²) in [5.74, 6) is 0.887. The minimum atomic E-state index is 0.223. The van der Waals surface area contributed by atoms with Crippen molar-refractivity contribution < 1.29 is 0 Å². The summed E-state index contributed by atoms with van der Waals surface area (Å²) in [5, 5.41) is 3.75. The van der Waals surface area contributed by atoms with Crippen LogP contribution in [0.1, 0.15) is 19.8 Å². The zero-order valence-corrected chi connectivity index (χ0v) is 10.3. The number of fused-ring (bicyclic) bond motifs is 1. The van der Waals surface area contributed by atoms with Crippen molar-refractivity contribution in [1.29, 1.82) is 0 Å². The molecular weight excluding hydrogens is 238 g/mol. The molecule has 17 heavy (non-hydrogen) atoms. The molecular formula is C11H14ClN5. The van der Waals surface area contributed by atoms with Gasteiger partial charge in [0, 0.05) is 12.7 Å². The number of nitrogens with one attached hydrogen (secondary N) is 1. The second-order valence-corrected chi connectivity index (χ2v) is 4.17. The number of nitrogen functional groups attached to an aromatic ring is 1. The molecule has 0 unspecified atom stereocenters. The molecule has 0 saturated heterocycles. The number of nitrogens with two attached hydrogens (primary N) is 1. The highest BCUT2D eigenvalue weighted by molar-refractivity contribution is 6.31. The van der Waals surface area contributed by atoms with Crippen LogP contribution < -0.4 is 11.1 Å². The van der Waals surface area contributed by atoms with E-state index in [0.29, 0.717) is 21.9 Å². The Morgan fingerprint density at radius 3 is 3.00 bits per heavy atom. The van der Waals surface area contributed by atoms with E-state index in [4.69, 9.17) is 17.3 Å². The average Bonchev–Trinajstić information content (AvgIpc) is 2.28. The van der Waals surface area contributed by atoms with Gasteiger partial charge in [0.05, 0.1) is 10.5 Å². The zero-order valence-electron chi connectivity index (χ0n) is 9.57. The Balaban J connectivity index is 2.39. The quantitative estimate of drug-likeness (QED) is 0.817. The maximum absolute atomic E-state index is 5.87. The molecule has 0 amide bonds. The lowest BCUT2D eigenvalue weighted by Crippen LogP contribution is -2.07. The van der Waals surface area contributed by atoms with Gasteiger partial charge in [0.15, 0.2) is 5.82 Å². The lowest BCUT2D eigenvalue weighted by Gasteiger charge is -2.08. The molecule has 0 saturated carbocycles. The SMILES string of the molecule is CCCCNc1nc(N)nc2cc(Cl)cnc12. The number of unbranched alkanes of at least 4 members (excludes halogenated alkanes) is 1. The molecule has 0 bridgehead atoms. The number of hydrogen-bond acceptors (Lipinski definition) is 5. The van der Waals surface area contributed by atoms with Crippen LogP contribution in [0.4, 0.5) is 11.8 Å². The zero-order chi connectivity index (χ0) is 12.3. The predicted octanol–water partition coefficient (Wildman–Crippen LogP) is 2.47. The van der Waals surface area contributed by atoms with Gasteiger partial charge in [-0.05, 0) is 12.5 Å². The van der Waals surface area contributed by atoms with E-state index in [1.54, 1.807) is 12.3 Å². The van der Waals surface area contributed by atoms with Crippen LogP contribution in [0.3, 0.4) is 0 Å². The van der Waals surface area contributed by atoms with Crippen LogP contribution in [-0.2, 0) is 0 Å². The van der Waals surface area contributed by atoms with Crippen molar-refractivity contribution in [3.05, 3.63) is 17.3 Å². The molecule has 0 aliphatic carbocycles. The number of rotatable bonds is 4. The van der Waals surface area contributed by atoms with Crippen molar-refractivity contribution in [2.24, 2.45) is 0 Å². The summed E-state index contributed by atoms with van der Waals surface area (Å²) >= 11 is 5.87. The van der Waals surface area contributed by atoms with E-state index in [0.717, 1.165) is 19.4 Å². The highest BCUT2D eigenvalue weighted by atomic mass is 35.5. The van der Waals surface area contributed by atoms with E-state index >= 15 is 0 Å². The fourth-order valence-corrected chi connectivity index (χ4v) is 1.67. The molecule has 3 N–H and O–H groups in total. The summed E-state index contributed by atoms with van der Waals surface area (Å²) in [5.41, 5.74) is 7.00. The minimum Gasteiger partial charge on any atom is -0.368 e. The molecule has 0 aromatic carbocycles. The summed E-state index contributed by atoms with van der Waals surface area (Å²) in [4.78, 5) is 12.5. The van der Waals surface area contributed by atoms with Gasteiger partial charge in [-0.15, -0.1) is 0 Å². The third-order valence-electron chi connectivity index (χ3n) is 2.34. The first kappa shape index (κ1) is 11.9. The summed E-state index contributed by atoms with van der Waals surface area (Å²) in [6, 6.07) is 1.73. The molecule has 0 aliphatic rings. The number of anilines is 2. The first-order chi connectivity index (χ1) is 8.20. The van der Waals surface area contributed by atoms with Crippen molar-refractivity contribution in [2.75, 3.05) is 17.6 Å². The molecule has 0 spiro atoms. The minimum absolute atomic E-state index is 0.223. The first-order valence-corrected chi connectivity index (χ1v) is 5.91. The maximum Gasteiger partial charge on any atom is 0.222 e. The monoisotopic (exact) mass is 251 g/mol. The van der Waals surface area contributed by atoms with Crippen LogP contribution >= 0.6 is 11.6 Å². The molecule has 0 aliphatic heterocycles. The summed E-state index contributed by atoms with van der Waals surface area (Å²) in [6.45, 7) is 2.97. The second-order valence-electron chi connectivity index (χ2n) is 3.73. The third kappa shape index (κ3) is 2.74. The van der Waals surface area contributed by atoms with Gasteiger partial charge in [0.2, 0.25) is 5.95 Å². The fraction of sp³-hybridized carbons (Fsp3) is 0.364. The molecule has 0 fully saturated rings. The van der Waals surface area contributed by atoms with Crippen LogP contribution in [0.5, 0.6) is 0 Å². The van der Waals surface area contributed by atoms with Gasteiger partial charge >= 0.3 is 0 Å². The summed E-state index contributed by atoms with van der Waals surface area (Å²) < 4.78 is 0. The molecule has 90 valence electrons. The van der Waals surface area contributed by atoms with Gasteiger partial charge in [-0.3, -0.25) is 0 Å². The lowest BCUT2D eigenvalue weighted by atomic mass is 10.3. The predicted molar refractivity (Wildman–Crippen MR) is 70.2 cm³/mol. The van der Waals surface area contributed by atoms with Gasteiger partial charge in [0.1, 0.15) is 5.52 Å². The standard InChI is InChI=1S/C11H14ClN5/c1-2-3-4-14-10-9-8(16-11(13)17-10)5-7(12)6-15-9/h5-6H,2-4H2,1H3,(H3,13,14,16,17). The van der Waals surface area contributed by atoms with Crippen LogP contribution in [0.15, 0.2) is 12.3 Å². The van der Waals surface area contributed by atoms with E-state index < -0.39 is 0 Å². The average molecular weight is 252 g/mol. The number of pyridine rings is 1. The largest absolute Gasteiger partial charge is 0.368 e. The Labute approximate surface area is 104 Å². The van der Waals surface area contributed by atoms with Crippen LogP contribution in [0, 0.1) is 0 Å². The van der Waals surface area contributed by atoms with E-state index in [1.165, 1.54) is 0 Å². The Kier molecular flexibility index (Phi) is 3.58. The van der Waals surface area contributed by atoms with Gasteiger partial charge in [-0.2, -0.15) is 4.98 Å². The number of hydrogen-bond donors (Lipinski definition) is 2. The van der Waals surface area contributed by atoms with E-state index in [2.05, 4.69) is 27.2 Å². The van der Waals surface area contributed by atoms with E-state index in [1.807, 2.05) is 0 Å². The molecule has 0 atom stereocenters. The third-order valence-corrected chi connectivity index (χ3v) is 2.55. The highest BCUT2D eigenvalue weighted by Crippen LogP contribution is 2.21. The van der Waals surface area contributed by atoms with Crippen LogP contribution in [0.2, 0.25) is 5.02 Å². The van der Waals surface area contributed by atoms with E-state index in [-0.39, 0.29) is 5.95 Å². The topological polar surface area (TPSA) is 76.7 Å². The Hall–Kier alpha value is -1.62. The Bertz CT molecular complexity index is 523. The van der Waals surface area contributed by atoms with Crippen LogP contribution in [-0.4, -0.2) is 21.5 Å². The normalized spacial score (nSPS) is 10.7. The smallest absolute Gasteiger partial charge is 0.222 e. The van der Waals surface area contributed by atoms with Crippen molar-refractivity contribution in [3.63, 3.8) is 0 Å². The molecule has 2 heterocycles. The number of halogens is 1.